The Bertz CT molecular complexity index is 762. The number of hydrogen-bond donors (Lipinski definition) is 0. The fourth-order valence-electron chi connectivity index (χ4n) is 3.47. The van der Waals surface area contributed by atoms with Crippen molar-refractivity contribution in [3.63, 3.8) is 0 Å². The molecule has 0 bridgehead atoms. The molecule has 120 valence electrons. The normalized spacial score (nSPS) is 12.0. The summed E-state index contributed by atoms with van der Waals surface area (Å²) < 4.78 is 0. The van der Waals surface area contributed by atoms with Crippen LogP contribution in [0.3, 0.4) is 0 Å². The molecule has 1 unspecified atom stereocenters. The number of hydrogen-bond acceptors (Lipinski definition) is 2. The Morgan fingerprint density at radius 1 is 0.760 bits per heavy atom. The van der Waals surface area contributed by atoms with E-state index in [9.17, 15) is 9.90 Å². The number of carbonyl (C=O) groups excluding carboxylic acids is 1. The maximum absolute atomic E-state index is 12.5. The van der Waals surface area contributed by atoms with E-state index in [1.165, 1.54) is 0 Å². The van der Waals surface area contributed by atoms with Gasteiger partial charge in [-0.3, -0.25) is 0 Å². The average molecular weight is 322 g/mol. The number of carbonyl (C=O) groups is 1. The predicted molar refractivity (Wildman–Crippen MR) is 93.5 cm³/mol. The van der Waals surface area contributed by atoms with Gasteiger partial charge in [0.05, 0.1) is 11.4 Å². The SMILES string of the molecule is CC(c1ccccc1)C(C(=O)[O-])(c1ccccc1)c1ccccc1.[Li+]. The van der Waals surface area contributed by atoms with Crippen LogP contribution in [0, 0.1) is 0 Å². The van der Waals surface area contributed by atoms with E-state index < -0.39 is 11.4 Å². The zero-order valence-corrected chi connectivity index (χ0v) is 14.6. The van der Waals surface area contributed by atoms with Crippen LogP contribution in [0.5, 0.6) is 0 Å². The largest absolute Gasteiger partial charge is 1.00 e. The zero-order valence-electron chi connectivity index (χ0n) is 14.6. The summed E-state index contributed by atoms with van der Waals surface area (Å²) in [6.45, 7) is 1.95. The Morgan fingerprint density at radius 3 is 1.48 bits per heavy atom. The van der Waals surface area contributed by atoms with Crippen molar-refractivity contribution in [2.75, 3.05) is 0 Å². The number of carboxylic acids is 1. The average Bonchev–Trinajstić information content (AvgIpc) is 2.64. The molecule has 0 saturated heterocycles. The van der Waals surface area contributed by atoms with Crippen molar-refractivity contribution in [2.24, 2.45) is 0 Å². The summed E-state index contributed by atoms with van der Waals surface area (Å²) in [5, 5.41) is 12.5. The van der Waals surface area contributed by atoms with Crippen molar-refractivity contribution in [3.8, 4) is 0 Å². The molecule has 0 heterocycles. The van der Waals surface area contributed by atoms with Crippen molar-refractivity contribution in [1.82, 2.24) is 0 Å². The summed E-state index contributed by atoms with van der Waals surface area (Å²) in [5.74, 6) is -1.37. The smallest absolute Gasteiger partial charge is 0.549 e. The second-order valence-electron chi connectivity index (χ2n) is 5.96. The third-order valence-electron chi connectivity index (χ3n) is 4.73. The molecule has 0 radical (unpaired) electrons. The standard InChI is InChI=1S/C22H20O2.Li/c1-17(18-11-5-2-6-12-18)22(21(23)24,19-13-7-3-8-14-19)20-15-9-4-10-16-20;/h2-17H,1H3,(H,23,24);/q;+1/p-1. The molecule has 0 aliphatic heterocycles. The van der Waals surface area contributed by atoms with Gasteiger partial charge in [0, 0.05) is 5.92 Å². The molecule has 1 atom stereocenters. The van der Waals surface area contributed by atoms with Crippen LogP contribution in [-0.4, -0.2) is 5.97 Å². The van der Waals surface area contributed by atoms with Crippen LogP contribution in [0.2, 0.25) is 0 Å². The van der Waals surface area contributed by atoms with Crippen LogP contribution < -0.4 is 24.0 Å². The zero-order chi connectivity index (χ0) is 17.0. The molecule has 0 saturated carbocycles. The van der Waals surface area contributed by atoms with E-state index in [-0.39, 0.29) is 24.8 Å². The van der Waals surface area contributed by atoms with E-state index in [0.29, 0.717) is 0 Å². The maximum atomic E-state index is 12.5. The molecule has 0 amide bonds. The molecular weight excluding hydrogens is 303 g/mol. The first-order valence-electron chi connectivity index (χ1n) is 8.04. The van der Waals surface area contributed by atoms with Gasteiger partial charge in [0.15, 0.2) is 0 Å². The van der Waals surface area contributed by atoms with Gasteiger partial charge in [-0.25, -0.2) is 0 Å². The molecule has 25 heavy (non-hydrogen) atoms. The molecule has 3 heteroatoms. The Labute approximate surface area is 160 Å². The van der Waals surface area contributed by atoms with Crippen molar-refractivity contribution in [1.29, 1.82) is 0 Å². The molecular formula is C22H19LiO2. The van der Waals surface area contributed by atoms with E-state index >= 15 is 0 Å². The van der Waals surface area contributed by atoms with Gasteiger partial charge < -0.3 is 9.90 Å². The molecule has 0 aliphatic carbocycles. The quantitative estimate of drug-likeness (QED) is 0.643. The molecule has 0 N–H and O–H groups in total. The first kappa shape index (κ1) is 19.1. The predicted octanol–water partition coefficient (Wildman–Crippen LogP) is 0.530. The summed E-state index contributed by atoms with van der Waals surface area (Å²) in [5.41, 5.74) is 1.18. The second kappa shape index (κ2) is 8.21. The summed E-state index contributed by atoms with van der Waals surface area (Å²) in [7, 11) is 0. The Morgan fingerprint density at radius 2 is 1.12 bits per heavy atom. The summed E-state index contributed by atoms with van der Waals surface area (Å²) in [6, 6.07) is 28.4. The number of benzene rings is 3. The van der Waals surface area contributed by atoms with Crippen LogP contribution in [0.15, 0.2) is 91.0 Å². The van der Waals surface area contributed by atoms with Crippen LogP contribution in [-0.2, 0) is 10.2 Å². The van der Waals surface area contributed by atoms with Gasteiger partial charge in [-0.1, -0.05) is 97.9 Å². The maximum Gasteiger partial charge on any atom is 1.00 e. The fourth-order valence-corrected chi connectivity index (χ4v) is 3.47. The molecule has 3 aromatic rings. The summed E-state index contributed by atoms with van der Waals surface area (Å²) >= 11 is 0. The Balaban J connectivity index is 0.00000225. The van der Waals surface area contributed by atoms with Gasteiger partial charge in [-0.05, 0) is 16.7 Å². The van der Waals surface area contributed by atoms with Gasteiger partial charge in [0.25, 0.3) is 0 Å². The minimum absolute atomic E-state index is 0. The van der Waals surface area contributed by atoms with Gasteiger partial charge >= 0.3 is 18.9 Å². The monoisotopic (exact) mass is 322 g/mol. The van der Waals surface area contributed by atoms with E-state index in [1.54, 1.807) is 0 Å². The minimum atomic E-state index is -1.25. The second-order valence-corrected chi connectivity index (χ2v) is 5.96. The van der Waals surface area contributed by atoms with Gasteiger partial charge in [-0.15, -0.1) is 0 Å². The van der Waals surface area contributed by atoms with Crippen molar-refractivity contribution >= 4 is 5.97 Å². The van der Waals surface area contributed by atoms with E-state index in [0.717, 1.165) is 16.7 Å². The van der Waals surface area contributed by atoms with Crippen LogP contribution in [0.4, 0.5) is 0 Å². The number of rotatable bonds is 5. The molecule has 0 fully saturated rings. The molecule has 0 aromatic heterocycles. The van der Waals surface area contributed by atoms with Crippen molar-refractivity contribution in [3.05, 3.63) is 108 Å². The molecule has 0 aliphatic rings. The summed E-state index contributed by atoms with van der Waals surface area (Å²) in [4.78, 5) is 12.5. The first-order valence-corrected chi connectivity index (χ1v) is 8.04. The number of carboxylic acid groups (broad SMARTS) is 1. The fraction of sp³-hybridized carbons (Fsp3) is 0.136. The third kappa shape index (κ3) is 3.42. The van der Waals surface area contributed by atoms with E-state index in [2.05, 4.69) is 0 Å². The number of aliphatic carboxylic acids is 1. The van der Waals surface area contributed by atoms with E-state index in [4.69, 9.17) is 0 Å². The topological polar surface area (TPSA) is 40.1 Å². The summed E-state index contributed by atoms with van der Waals surface area (Å²) in [6.07, 6.45) is 0. The third-order valence-corrected chi connectivity index (χ3v) is 4.73. The van der Waals surface area contributed by atoms with E-state index in [1.807, 2.05) is 97.9 Å². The minimum Gasteiger partial charge on any atom is -0.549 e. The van der Waals surface area contributed by atoms with Gasteiger partial charge in [0.1, 0.15) is 0 Å². The molecule has 3 aromatic carbocycles. The van der Waals surface area contributed by atoms with Crippen molar-refractivity contribution < 1.29 is 28.8 Å². The van der Waals surface area contributed by atoms with Gasteiger partial charge in [0.2, 0.25) is 0 Å². The molecule has 0 spiro atoms. The van der Waals surface area contributed by atoms with Gasteiger partial charge in [-0.2, -0.15) is 0 Å². The Hall–Kier alpha value is -2.27. The van der Waals surface area contributed by atoms with Crippen molar-refractivity contribution in [2.45, 2.75) is 18.3 Å². The van der Waals surface area contributed by atoms with Crippen LogP contribution >= 0.6 is 0 Å². The Kier molecular flexibility index (Phi) is 6.26. The van der Waals surface area contributed by atoms with Crippen LogP contribution in [0.25, 0.3) is 0 Å². The molecule has 2 nitrogen and oxygen atoms in total. The first-order chi connectivity index (χ1) is 11.7. The van der Waals surface area contributed by atoms with Crippen LogP contribution in [0.1, 0.15) is 29.5 Å². The molecule has 3 rings (SSSR count).